The predicted molar refractivity (Wildman–Crippen MR) is 182 cm³/mol. The van der Waals surface area contributed by atoms with Gasteiger partial charge in [-0.2, -0.15) is 4.31 Å². The number of rotatable bonds is 14. The molecule has 0 radical (unpaired) electrons. The maximum atomic E-state index is 14.0. The minimum absolute atomic E-state index is 0.129. The first-order valence-corrected chi connectivity index (χ1v) is 17.3. The van der Waals surface area contributed by atoms with Gasteiger partial charge in [-0.25, -0.2) is 8.42 Å². The molecule has 0 aliphatic carbocycles. The van der Waals surface area contributed by atoms with Crippen molar-refractivity contribution in [1.29, 1.82) is 0 Å². The van der Waals surface area contributed by atoms with Crippen molar-refractivity contribution in [2.24, 2.45) is 0 Å². The van der Waals surface area contributed by atoms with E-state index in [1.165, 1.54) is 33.5 Å². The van der Waals surface area contributed by atoms with Crippen LogP contribution in [0.15, 0.2) is 108 Å². The summed E-state index contributed by atoms with van der Waals surface area (Å²) in [5.41, 5.74) is 2.54. The van der Waals surface area contributed by atoms with Crippen molar-refractivity contribution >= 4 is 33.4 Å². The van der Waals surface area contributed by atoms with Gasteiger partial charge in [-0.05, 0) is 65.2 Å². The molecule has 1 atom stereocenters. The lowest BCUT2D eigenvalue weighted by Gasteiger charge is -2.31. The van der Waals surface area contributed by atoms with Crippen LogP contribution in [0.5, 0.6) is 11.5 Å². The van der Waals surface area contributed by atoms with E-state index in [4.69, 9.17) is 25.8 Å². The van der Waals surface area contributed by atoms with E-state index in [-0.39, 0.29) is 50.0 Å². The van der Waals surface area contributed by atoms with Gasteiger partial charge in [0.2, 0.25) is 15.9 Å². The third-order valence-corrected chi connectivity index (χ3v) is 10.1. The Bertz CT molecular complexity index is 1750. The lowest BCUT2D eigenvalue weighted by molar-refractivity contribution is -0.142. The van der Waals surface area contributed by atoms with Crippen molar-refractivity contribution in [3.8, 4) is 11.5 Å². The van der Waals surface area contributed by atoms with E-state index in [9.17, 15) is 18.0 Å². The highest BCUT2D eigenvalue weighted by Crippen LogP contribution is 2.22. The fourth-order valence-corrected chi connectivity index (χ4v) is 6.80. The summed E-state index contributed by atoms with van der Waals surface area (Å²) in [7, 11) is -2.10. The van der Waals surface area contributed by atoms with Crippen LogP contribution in [0.4, 0.5) is 0 Å². The van der Waals surface area contributed by atoms with Crippen LogP contribution >= 0.6 is 11.6 Å². The Balaban J connectivity index is 1.36. The van der Waals surface area contributed by atoms with E-state index in [1.807, 2.05) is 54.6 Å². The Morgan fingerprint density at radius 2 is 1.48 bits per heavy atom. The Morgan fingerprint density at radius 3 is 2.12 bits per heavy atom. The van der Waals surface area contributed by atoms with Gasteiger partial charge in [0, 0.05) is 37.6 Å². The Hall–Kier alpha value is -4.42. The first-order chi connectivity index (χ1) is 23.2. The van der Waals surface area contributed by atoms with Gasteiger partial charge in [-0.15, -0.1) is 0 Å². The van der Waals surface area contributed by atoms with Gasteiger partial charge in [0.05, 0.1) is 25.2 Å². The summed E-state index contributed by atoms with van der Waals surface area (Å²) in [6.45, 7) is 1.28. The number of benzene rings is 4. The van der Waals surface area contributed by atoms with Crippen LogP contribution in [-0.2, 0) is 43.9 Å². The third-order valence-electron chi connectivity index (χ3n) is 7.96. The summed E-state index contributed by atoms with van der Waals surface area (Å²) >= 11 is 6.04. The summed E-state index contributed by atoms with van der Waals surface area (Å²) in [5.74, 6) is 0.243. The van der Waals surface area contributed by atoms with Crippen molar-refractivity contribution in [1.82, 2.24) is 14.5 Å². The number of ether oxygens (including phenoxy) is 3. The molecule has 1 saturated heterocycles. The number of hydrogen-bond donors (Lipinski definition) is 1. The first-order valence-electron chi connectivity index (χ1n) is 15.5. The topological polar surface area (TPSA) is 114 Å². The van der Waals surface area contributed by atoms with Crippen molar-refractivity contribution in [3.05, 3.63) is 125 Å². The molecule has 1 aliphatic rings. The zero-order valence-corrected chi connectivity index (χ0v) is 28.2. The molecule has 48 heavy (non-hydrogen) atoms. The normalized spacial score (nSPS) is 14.1. The van der Waals surface area contributed by atoms with Gasteiger partial charge in [0.25, 0.3) is 5.91 Å². The van der Waals surface area contributed by atoms with E-state index in [1.54, 1.807) is 31.4 Å². The molecule has 1 aliphatic heterocycles. The molecular formula is C36H38ClN3O7S. The number of morpholine rings is 1. The number of carbonyl (C=O) groups is 2. The minimum Gasteiger partial charge on any atom is -0.497 e. The summed E-state index contributed by atoms with van der Waals surface area (Å²) in [5, 5.41) is 3.59. The molecule has 1 N–H and O–H groups in total. The molecule has 0 bridgehead atoms. The third kappa shape index (κ3) is 9.35. The number of sulfonamides is 1. The van der Waals surface area contributed by atoms with E-state index in [2.05, 4.69) is 5.32 Å². The second-order valence-electron chi connectivity index (χ2n) is 11.2. The number of nitrogens with zero attached hydrogens (tertiary/aromatic N) is 2. The van der Waals surface area contributed by atoms with Crippen molar-refractivity contribution < 1.29 is 32.2 Å². The van der Waals surface area contributed by atoms with Crippen LogP contribution in [0.3, 0.4) is 0 Å². The van der Waals surface area contributed by atoms with Crippen LogP contribution in [0.2, 0.25) is 5.02 Å². The summed E-state index contributed by atoms with van der Waals surface area (Å²) < 4.78 is 43.9. The molecule has 12 heteroatoms. The van der Waals surface area contributed by atoms with E-state index < -0.39 is 22.0 Å². The zero-order chi connectivity index (χ0) is 33.9. The van der Waals surface area contributed by atoms with Gasteiger partial charge in [-0.3, -0.25) is 9.59 Å². The van der Waals surface area contributed by atoms with Crippen molar-refractivity contribution in [2.45, 2.75) is 30.4 Å². The lowest BCUT2D eigenvalue weighted by atomic mass is 10.0. The standard InChI is InChI=1S/C36H38ClN3O7S/c1-45-31-13-9-29(10-14-31)25-40(34(23-27-5-3-2-4-6-27)36(42)38-24-28-7-11-30(37)12-8-28)35(41)26-47-32-15-17-33(18-16-32)48(43,44)39-19-21-46-22-20-39/h2-18,34H,19-26H2,1H3,(H,38,42). The van der Waals surface area contributed by atoms with Gasteiger partial charge in [0.15, 0.2) is 6.61 Å². The smallest absolute Gasteiger partial charge is 0.261 e. The number of methoxy groups -OCH3 is 1. The molecule has 252 valence electrons. The van der Waals surface area contributed by atoms with Gasteiger partial charge in [-0.1, -0.05) is 66.2 Å². The Labute approximate surface area is 286 Å². The number of carbonyl (C=O) groups excluding carboxylic acids is 2. The van der Waals surface area contributed by atoms with E-state index >= 15 is 0 Å². The fourth-order valence-electron chi connectivity index (χ4n) is 5.26. The lowest BCUT2D eigenvalue weighted by Crippen LogP contribution is -2.51. The first kappa shape index (κ1) is 34.9. The molecule has 4 aromatic carbocycles. The Kier molecular flexibility index (Phi) is 12.1. The van der Waals surface area contributed by atoms with E-state index in [0.717, 1.165) is 16.7 Å². The number of hydrogen-bond acceptors (Lipinski definition) is 7. The summed E-state index contributed by atoms with van der Waals surface area (Å²) in [4.78, 5) is 29.5. The molecule has 1 fully saturated rings. The molecule has 4 aromatic rings. The van der Waals surface area contributed by atoms with Gasteiger partial charge < -0.3 is 24.4 Å². The highest BCUT2D eigenvalue weighted by atomic mass is 35.5. The van der Waals surface area contributed by atoms with Crippen LogP contribution in [0.1, 0.15) is 16.7 Å². The molecule has 0 spiro atoms. The highest BCUT2D eigenvalue weighted by molar-refractivity contribution is 7.89. The summed E-state index contributed by atoms with van der Waals surface area (Å²) in [6, 6.07) is 29.1. The maximum Gasteiger partial charge on any atom is 0.261 e. The summed E-state index contributed by atoms with van der Waals surface area (Å²) in [6.07, 6.45) is 0.267. The largest absolute Gasteiger partial charge is 0.497 e. The average molecular weight is 692 g/mol. The maximum absolute atomic E-state index is 14.0. The SMILES string of the molecule is COc1ccc(CN(C(=O)COc2ccc(S(=O)(=O)N3CCOCC3)cc2)C(Cc2ccccc2)C(=O)NCc2ccc(Cl)cc2)cc1. The van der Waals surface area contributed by atoms with Crippen molar-refractivity contribution in [2.75, 3.05) is 40.0 Å². The minimum atomic E-state index is -3.68. The Morgan fingerprint density at radius 1 is 0.854 bits per heavy atom. The number of halogens is 1. The van der Waals surface area contributed by atoms with Crippen molar-refractivity contribution in [3.63, 3.8) is 0 Å². The quantitative estimate of drug-likeness (QED) is 0.204. The van der Waals surface area contributed by atoms with Crippen LogP contribution in [0, 0.1) is 0 Å². The second-order valence-corrected chi connectivity index (χ2v) is 13.6. The molecule has 1 unspecified atom stereocenters. The molecule has 1 heterocycles. The van der Waals surface area contributed by atoms with Crippen LogP contribution in [0.25, 0.3) is 0 Å². The van der Waals surface area contributed by atoms with Gasteiger partial charge in [0.1, 0.15) is 17.5 Å². The van der Waals surface area contributed by atoms with Crippen LogP contribution < -0.4 is 14.8 Å². The average Bonchev–Trinajstić information content (AvgIpc) is 3.13. The number of nitrogens with one attached hydrogen (secondary N) is 1. The van der Waals surface area contributed by atoms with E-state index in [0.29, 0.717) is 29.7 Å². The van der Waals surface area contributed by atoms with Crippen LogP contribution in [-0.4, -0.2) is 75.5 Å². The molecule has 0 saturated carbocycles. The predicted octanol–water partition coefficient (Wildman–Crippen LogP) is 4.70. The molecule has 10 nitrogen and oxygen atoms in total. The monoisotopic (exact) mass is 691 g/mol. The second kappa shape index (κ2) is 16.6. The van der Waals surface area contributed by atoms with Gasteiger partial charge >= 0.3 is 0 Å². The molecular weight excluding hydrogens is 654 g/mol. The fraction of sp³-hybridized carbons (Fsp3) is 0.278. The zero-order valence-electron chi connectivity index (χ0n) is 26.6. The molecule has 5 rings (SSSR count). The highest BCUT2D eigenvalue weighted by Gasteiger charge is 2.31. The molecule has 0 aromatic heterocycles. The molecule has 2 amide bonds. The number of amides is 2.